The van der Waals surface area contributed by atoms with Gasteiger partial charge in [-0.05, 0) is 24.6 Å². The molecule has 0 aliphatic carbocycles. The smallest absolute Gasteiger partial charge is 0.167 e. The first-order valence-electron chi connectivity index (χ1n) is 6.72. The van der Waals surface area contributed by atoms with Gasteiger partial charge in [0.15, 0.2) is 11.6 Å². The highest BCUT2D eigenvalue weighted by atomic mass is 19.1. The molecule has 112 valence electrons. The van der Waals surface area contributed by atoms with Gasteiger partial charge in [-0.15, -0.1) is 0 Å². The Balaban J connectivity index is 2.13. The molecule has 0 bridgehead atoms. The first-order chi connectivity index (χ1) is 10.1. The van der Waals surface area contributed by atoms with E-state index in [1.54, 1.807) is 20.1 Å². The van der Waals surface area contributed by atoms with Crippen LogP contribution in [0.4, 0.5) is 15.8 Å². The van der Waals surface area contributed by atoms with Gasteiger partial charge in [-0.1, -0.05) is 12.1 Å². The molecule has 0 unspecified atom stereocenters. The number of nitrogens with one attached hydrogen (secondary N) is 1. The van der Waals surface area contributed by atoms with Crippen LogP contribution in [-0.2, 0) is 6.54 Å². The van der Waals surface area contributed by atoms with Crippen molar-refractivity contribution in [1.82, 2.24) is 0 Å². The van der Waals surface area contributed by atoms with Crippen molar-refractivity contribution in [2.75, 3.05) is 24.8 Å². The van der Waals surface area contributed by atoms with E-state index in [1.807, 2.05) is 24.3 Å². The third kappa shape index (κ3) is 3.78. The number of rotatable bonds is 6. The number of halogens is 1. The van der Waals surface area contributed by atoms with E-state index in [-0.39, 0.29) is 5.75 Å². The molecule has 0 aliphatic rings. The van der Waals surface area contributed by atoms with Gasteiger partial charge in [0.25, 0.3) is 0 Å². The summed E-state index contributed by atoms with van der Waals surface area (Å²) in [6, 6.07) is 10.5. The minimum Gasteiger partial charge on any atom is -0.497 e. The van der Waals surface area contributed by atoms with Gasteiger partial charge in [0.1, 0.15) is 5.75 Å². The summed E-state index contributed by atoms with van der Waals surface area (Å²) in [6.07, 6.45) is 0. The molecule has 5 heteroatoms. The van der Waals surface area contributed by atoms with E-state index >= 15 is 0 Å². The molecule has 3 N–H and O–H groups in total. The predicted octanol–water partition coefficient (Wildman–Crippen LogP) is 3.43. The Labute approximate surface area is 123 Å². The van der Waals surface area contributed by atoms with Crippen LogP contribution in [0.5, 0.6) is 11.5 Å². The fraction of sp³-hybridized carbons (Fsp3) is 0.250. The minimum atomic E-state index is -0.457. The van der Waals surface area contributed by atoms with Crippen molar-refractivity contribution in [2.24, 2.45) is 0 Å². The number of hydrogen-bond donors (Lipinski definition) is 2. The lowest BCUT2D eigenvalue weighted by molar-refractivity contribution is 0.322. The fourth-order valence-corrected chi connectivity index (χ4v) is 1.97. The van der Waals surface area contributed by atoms with Crippen LogP contribution in [0.25, 0.3) is 0 Å². The molecule has 2 rings (SSSR count). The van der Waals surface area contributed by atoms with Gasteiger partial charge in [-0.25, -0.2) is 4.39 Å². The Bertz CT molecular complexity index is 617. The SMILES string of the molecule is CCOc1cc(NCc2cccc(OC)c2)c(N)cc1F. The summed E-state index contributed by atoms with van der Waals surface area (Å²) in [6.45, 7) is 2.76. The molecular formula is C16H19FN2O2. The number of benzene rings is 2. The van der Waals surface area contributed by atoms with Crippen molar-refractivity contribution in [3.63, 3.8) is 0 Å². The van der Waals surface area contributed by atoms with Crippen LogP contribution in [-0.4, -0.2) is 13.7 Å². The third-order valence-corrected chi connectivity index (χ3v) is 3.02. The number of methoxy groups -OCH3 is 1. The number of anilines is 2. The van der Waals surface area contributed by atoms with Crippen LogP contribution in [0.1, 0.15) is 12.5 Å². The molecule has 0 radical (unpaired) electrons. The maximum atomic E-state index is 13.6. The van der Waals surface area contributed by atoms with Crippen LogP contribution in [0.3, 0.4) is 0 Å². The lowest BCUT2D eigenvalue weighted by atomic mass is 10.2. The van der Waals surface area contributed by atoms with E-state index < -0.39 is 5.82 Å². The van der Waals surface area contributed by atoms with Crippen molar-refractivity contribution in [1.29, 1.82) is 0 Å². The second-order valence-electron chi connectivity index (χ2n) is 4.51. The van der Waals surface area contributed by atoms with Gasteiger partial charge in [0.2, 0.25) is 0 Å². The van der Waals surface area contributed by atoms with Crippen molar-refractivity contribution >= 4 is 11.4 Å². The number of nitrogens with two attached hydrogens (primary N) is 1. The molecule has 0 atom stereocenters. The summed E-state index contributed by atoms with van der Waals surface area (Å²) in [7, 11) is 1.62. The predicted molar refractivity (Wildman–Crippen MR) is 82.3 cm³/mol. The van der Waals surface area contributed by atoms with E-state index in [9.17, 15) is 4.39 Å². The summed E-state index contributed by atoms with van der Waals surface area (Å²) < 4.78 is 24.0. The van der Waals surface area contributed by atoms with Crippen LogP contribution in [0.2, 0.25) is 0 Å². The quantitative estimate of drug-likeness (QED) is 0.800. The van der Waals surface area contributed by atoms with E-state index in [4.69, 9.17) is 15.2 Å². The second-order valence-corrected chi connectivity index (χ2v) is 4.51. The lowest BCUT2D eigenvalue weighted by Gasteiger charge is -2.13. The Kier molecular flexibility index (Phi) is 4.87. The highest BCUT2D eigenvalue weighted by Gasteiger charge is 2.09. The molecule has 0 aliphatic heterocycles. The average Bonchev–Trinajstić information content (AvgIpc) is 2.49. The second kappa shape index (κ2) is 6.83. The third-order valence-electron chi connectivity index (χ3n) is 3.02. The molecule has 0 heterocycles. The van der Waals surface area contributed by atoms with Crippen molar-refractivity contribution < 1.29 is 13.9 Å². The maximum Gasteiger partial charge on any atom is 0.167 e. The Morgan fingerprint density at radius 1 is 1.24 bits per heavy atom. The highest BCUT2D eigenvalue weighted by molar-refractivity contribution is 5.68. The maximum absolute atomic E-state index is 13.6. The molecule has 0 saturated heterocycles. The molecule has 0 spiro atoms. The first-order valence-corrected chi connectivity index (χ1v) is 6.72. The molecule has 21 heavy (non-hydrogen) atoms. The summed E-state index contributed by atoms with van der Waals surface area (Å²) >= 11 is 0. The lowest BCUT2D eigenvalue weighted by Crippen LogP contribution is -2.05. The monoisotopic (exact) mass is 290 g/mol. The number of nitrogen functional groups attached to an aromatic ring is 1. The highest BCUT2D eigenvalue weighted by Crippen LogP contribution is 2.28. The summed E-state index contributed by atoms with van der Waals surface area (Å²) in [5.41, 5.74) is 7.85. The number of ether oxygens (including phenoxy) is 2. The topological polar surface area (TPSA) is 56.5 Å². The Morgan fingerprint density at radius 2 is 2.05 bits per heavy atom. The van der Waals surface area contributed by atoms with E-state index in [2.05, 4.69) is 5.32 Å². The van der Waals surface area contributed by atoms with Crippen LogP contribution >= 0.6 is 0 Å². The van der Waals surface area contributed by atoms with Crippen molar-refractivity contribution in [3.05, 3.63) is 47.8 Å². The van der Waals surface area contributed by atoms with E-state index in [1.165, 1.54) is 6.07 Å². The molecular weight excluding hydrogens is 271 g/mol. The molecule has 2 aromatic carbocycles. The van der Waals surface area contributed by atoms with Gasteiger partial charge in [0, 0.05) is 18.7 Å². The summed E-state index contributed by atoms with van der Waals surface area (Å²) in [4.78, 5) is 0. The zero-order chi connectivity index (χ0) is 15.2. The van der Waals surface area contributed by atoms with Crippen molar-refractivity contribution in [3.8, 4) is 11.5 Å². The fourth-order valence-electron chi connectivity index (χ4n) is 1.97. The molecule has 0 amide bonds. The molecule has 2 aromatic rings. The zero-order valence-electron chi connectivity index (χ0n) is 12.2. The largest absolute Gasteiger partial charge is 0.497 e. The van der Waals surface area contributed by atoms with Gasteiger partial charge in [0.05, 0.1) is 25.1 Å². The van der Waals surface area contributed by atoms with Crippen molar-refractivity contribution in [2.45, 2.75) is 13.5 Å². The zero-order valence-corrected chi connectivity index (χ0v) is 12.2. The van der Waals surface area contributed by atoms with Gasteiger partial charge >= 0.3 is 0 Å². The standard InChI is InChI=1S/C16H19FN2O2/c1-3-21-16-9-15(14(18)8-13(16)17)19-10-11-5-4-6-12(7-11)20-2/h4-9,19H,3,10,18H2,1-2H3. The van der Waals surface area contributed by atoms with E-state index in [0.717, 1.165) is 11.3 Å². The number of hydrogen-bond acceptors (Lipinski definition) is 4. The first kappa shape index (κ1) is 15.0. The van der Waals surface area contributed by atoms with Crippen LogP contribution in [0.15, 0.2) is 36.4 Å². The van der Waals surface area contributed by atoms with Gasteiger partial charge < -0.3 is 20.5 Å². The normalized spacial score (nSPS) is 10.2. The summed E-state index contributed by atoms with van der Waals surface area (Å²) in [5.74, 6) is 0.525. The van der Waals surface area contributed by atoms with Gasteiger partial charge in [-0.2, -0.15) is 0 Å². The molecule has 0 fully saturated rings. The molecule has 4 nitrogen and oxygen atoms in total. The van der Waals surface area contributed by atoms with E-state index in [0.29, 0.717) is 24.5 Å². The van der Waals surface area contributed by atoms with Crippen LogP contribution in [0, 0.1) is 5.82 Å². The Morgan fingerprint density at radius 3 is 2.76 bits per heavy atom. The molecule has 0 aromatic heterocycles. The van der Waals surface area contributed by atoms with Crippen LogP contribution < -0.4 is 20.5 Å². The van der Waals surface area contributed by atoms with Gasteiger partial charge in [-0.3, -0.25) is 0 Å². The molecule has 0 saturated carbocycles. The summed E-state index contributed by atoms with van der Waals surface area (Å²) in [5, 5.41) is 3.18. The minimum absolute atomic E-state index is 0.194. The Hall–Kier alpha value is -2.43. The average molecular weight is 290 g/mol.